The molecule has 0 bridgehead atoms. The Kier molecular flexibility index (Phi) is 4.42. The molecule has 0 atom stereocenters. The summed E-state index contributed by atoms with van der Waals surface area (Å²) >= 11 is 3.43. The van der Waals surface area contributed by atoms with E-state index in [-0.39, 0.29) is 0 Å². The molecule has 0 fully saturated rings. The van der Waals surface area contributed by atoms with Gasteiger partial charge in [-0.15, -0.1) is 0 Å². The first kappa shape index (κ1) is 16.1. The highest BCUT2D eigenvalue weighted by atomic mass is 79.9. The Labute approximate surface area is 153 Å². The first-order valence-corrected chi connectivity index (χ1v) is 8.75. The third kappa shape index (κ3) is 3.25. The van der Waals surface area contributed by atoms with Crippen LogP contribution in [0.15, 0.2) is 47.5 Å². The lowest BCUT2D eigenvalue weighted by Crippen LogP contribution is -2.05. The Morgan fingerprint density at radius 2 is 2.28 bits per heavy atom. The van der Waals surface area contributed by atoms with Gasteiger partial charge in [0, 0.05) is 35.9 Å². The zero-order valence-electron chi connectivity index (χ0n) is 13.7. The van der Waals surface area contributed by atoms with E-state index in [9.17, 15) is 0 Å². The summed E-state index contributed by atoms with van der Waals surface area (Å²) in [6.45, 7) is 1.40. The molecule has 0 radical (unpaired) electrons. The third-order valence-electron chi connectivity index (χ3n) is 4.12. The summed E-state index contributed by atoms with van der Waals surface area (Å²) < 4.78 is 13.6. The Morgan fingerprint density at radius 1 is 1.36 bits per heavy atom. The summed E-state index contributed by atoms with van der Waals surface area (Å²) in [7, 11) is 1.69. The number of nitrogens with zero attached hydrogens (tertiary/aromatic N) is 3. The molecule has 1 aromatic carbocycles. The van der Waals surface area contributed by atoms with E-state index in [1.165, 1.54) is 5.57 Å². The molecule has 128 valence electrons. The fourth-order valence-corrected chi connectivity index (χ4v) is 3.33. The second-order valence-electron chi connectivity index (χ2n) is 5.66. The molecule has 0 spiro atoms. The highest BCUT2D eigenvalue weighted by Gasteiger charge is 2.13. The van der Waals surface area contributed by atoms with Gasteiger partial charge in [-0.1, -0.05) is 6.08 Å². The predicted octanol–water partition coefficient (Wildman–Crippen LogP) is 4.05. The maximum atomic E-state index is 5.60. The minimum atomic E-state index is 0.651. The monoisotopic (exact) mass is 400 g/mol. The molecule has 0 aliphatic carbocycles. The Balaban J connectivity index is 1.69. The highest BCUT2D eigenvalue weighted by molar-refractivity contribution is 9.10. The van der Waals surface area contributed by atoms with Crippen LogP contribution in [0.3, 0.4) is 0 Å². The molecule has 1 aliphatic heterocycles. The van der Waals surface area contributed by atoms with E-state index < -0.39 is 0 Å². The molecule has 0 unspecified atom stereocenters. The standard InChI is InChI=1S/C18H17BrN4O2/c1-24-15-10-13(2-3-14(15)12-4-8-25-9-5-12)21-17-18-20-6-7-23(18)11-16(19)22-17/h2-4,6-7,10-11H,5,8-9H2,1H3,(H,21,22). The molecule has 0 saturated heterocycles. The van der Waals surface area contributed by atoms with Crippen molar-refractivity contribution >= 4 is 38.7 Å². The van der Waals surface area contributed by atoms with E-state index in [0.717, 1.165) is 40.3 Å². The SMILES string of the molecule is COc1cc(Nc2nc(Br)cn3ccnc23)ccc1C1=CCOCC1. The number of fused-ring (bicyclic) bond motifs is 1. The smallest absolute Gasteiger partial charge is 0.180 e. The summed E-state index contributed by atoms with van der Waals surface area (Å²) in [6, 6.07) is 6.07. The number of nitrogens with one attached hydrogen (secondary N) is 1. The molecule has 0 amide bonds. The van der Waals surface area contributed by atoms with Crippen LogP contribution in [0, 0.1) is 0 Å². The summed E-state index contributed by atoms with van der Waals surface area (Å²) in [5.74, 6) is 1.51. The number of hydrogen-bond donors (Lipinski definition) is 1. The van der Waals surface area contributed by atoms with Crippen molar-refractivity contribution in [1.82, 2.24) is 14.4 Å². The van der Waals surface area contributed by atoms with E-state index in [1.807, 2.05) is 28.9 Å². The van der Waals surface area contributed by atoms with Gasteiger partial charge >= 0.3 is 0 Å². The Morgan fingerprint density at radius 3 is 3.08 bits per heavy atom. The maximum Gasteiger partial charge on any atom is 0.180 e. The molecule has 6 nitrogen and oxygen atoms in total. The number of halogens is 1. The van der Waals surface area contributed by atoms with E-state index in [0.29, 0.717) is 12.4 Å². The topological polar surface area (TPSA) is 60.7 Å². The van der Waals surface area contributed by atoms with E-state index >= 15 is 0 Å². The van der Waals surface area contributed by atoms with Crippen LogP contribution < -0.4 is 10.1 Å². The summed E-state index contributed by atoms with van der Waals surface area (Å²) in [6.07, 6.45) is 8.50. The van der Waals surface area contributed by atoms with Gasteiger partial charge in [0.15, 0.2) is 11.5 Å². The van der Waals surface area contributed by atoms with Crippen molar-refractivity contribution in [3.8, 4) is 5.75 Å². The van der Waals surface area contributed by atoms with Gasteiger partial charge in [0.05, 0.1) is 20.3 Å². The third-order valence-corrected chi connectivity index (χ3v) is 4.50. The number of benzene rings is 1. The van der Waals surface area contributed by atoms with Crippen LogP contribution >= 0.6 is 15.9 Å². The molecule has 0 saturated carbocycles. The molecular weight excluding hydrogens is 384 g/mol. The number of anilines is 2. The van der Waals surface area contributed by atoms with Crippen LogP contribution in [0.4, 0.5) is 11.5 Å². The van der Waals surface area contributed by atoms with Gasteiger partial charge in [-0.2, -0.15) is 0 Å². The van der Waals surface area contributed by atoms with Crippen molar-refractivity contribution in [2.45, 2.75) is 6.42 Å². The number of hydrogen-bond acceptors (Lipinski definition) is 5. The van der Waals surface area contributed by atoms with Gasteiger partial charge < -0.3 is 19.2 Å². The van der Waals surface area contributed by atoms with Gasteiger partial charge in [-0.25, -0.2) is 9.97 Å². The molecule has 4 rings (SSSR count). The summed E-state index contributed by atoms with van der Waals surface area (Å²) in [5.41, 5.74) is 4.01. The number of ether oxygens (including phenoxy) is 2. The lowest BCUT2D eigenvalue weighted by atomic mass is 10.00. The summed E-state index contributed by atoms with van der Waals surface area (Å²) in [4.78, 5) is 8.84. The summed E-state index contributed by atoms with van der Waals surface area (Å²) in [5, 5.41) is 3.33. The maximum absolute atomic E-state index is 5.60. The van der Waals surface area contributed by atoms with Crippen LogP contribution in [0.1, 0.15) is 12.0 Å². The van der Waals surface area contributed by atoms with Crippen LogP contribution in [0.25, 0.3) is 11.2 Å². The predicted molar refractivity (Wildman–Crippen MR) is 100 cm³/mol. The van der Waals surface area contributed by atoms with Crippen molar-refractivity contribution in [2.24, 2.45) is 0 Å². The van der Waals surface area contributed by atoms with Crippen molar-refractivity contribution in [3.05, 3.63) is 53.0 Å². The van der Waals surface area contributed by atoms with Gasteiger partial charge in [0.25, 0.3) is 0 Å². The molecule has 1 aliphatic rings. The largest absolute Gasteiger partial charge is 0.496 e. The minimum absolute atomic E-state index is 0.651. The molecule has 1 N–H and O–H groups in total. The normalized spacial score (nSPS) is 14.4. The zero-order chi connectivity index (χ0) is 17.2. The molecule has 2 aromatic heterocycles. The van der Waals surface area contributed by atoms with Crippen LogP contribution in [0.2, 0.25) is 0 Å². The highest BCUT2D eigenvalue weighted by Crippen LogP contribution is 2.33. The average Bonchev–Trinajstić information content (AvgIpc) is 3.11. The molecule has 7 heteroatoms. The Bertz CT molecular complexity index is 951. The van der Waals surface area contributed by atoms with Gasteiger partial charge in [0.1, 0.15) is 10.4 Å². The van der Waals surface area contributed by atoms with Crippen molar-refractivity contribution in [2.75, 3.05) is 25.6 Å². The zero-order valence-corrected chi connectivity index (χ0v) is 15.3. The second-order valence-corrected chi connectivity index (χ2v) is 6.48. The van der Waals surface area contributed by atoms with E-state index in [2.05, 4.69) is 43.4 Å². The fraction of sp³-hybridized carbons (Fsp3) is 0.222. The van der Waals surface area contributed by atoms with Crippen LogP contribution in [-0.4, -0.2) is 34.7 Å². The van der Waals surface area contributed by atoms with Crippen LogP contribution in [-0.2, 0) is 4.74 Å². The quantitative estimate of drug-likeness (QED) is 0.715. The minimum Gasteiger partial charge on any atom is -0.496 e. The number of methoxy groups -OCH3 is 1. The molecule has 3 heterocycles. The first-order valence-electron chi connectivity index (χ1n) is 7.96. The van der Waals surface area contributed by atoms with Crippen LogP contribution in [0.5, 0.6) is 5.75 Å². The molecule has 25 heavy (non-hydrogen) atoms. The van der Waals surface area contributed by atoms with Gasteiger partial charge in [-0.3, -0.25) is 0 Å². The molecular formula is C18H17BrN4O2. The number of aromatic nitrogens is 3. The number of rotatable bonds is 4. The van der Waals surface area contributed by atoms with Gasteiger partial charge in [-0.05, 0) is 40.1 Å². The second kappa shape index (κ2) is 6.85. The fourth-order valence-electron chi connectivity index (χ4n) is 2.93. The van der Waals surface area contributed by atoms with E-state index in [4.69, 9.17) is 9.47 Å². The Hall–Kier alpha value is -2.38. The van der Waals surface area contributed by atoms with Crippen molar-refractivity contribution in [1.29, 1.82) is 0 Å². The molecule has 3 aromatic rings. The lowest BCUT2D eigenvalue weighted by molar-refractivity contribution is 0.161. The number of imidazole rings is 1. The first-order chi connectivity index (χ1) is 12.2. The van der Waals surface area contributed by atoms with Gasteiger partial charge in [0.2, 0.25) is 0 Å². The lowest BCUT2D eigenvalue weighted by Gasteiger charge is -2.17. The van der Waals surface area contributed by atoms with Crippen molar-refractivity contribution < 1.29 is 9.47 Å². The van der Waals surface area contributed by atoms with Crippen molar-refractivity contribution in [3.63, 3.8) is 0 Å². The van der Waals surface area contributed by atoms with E-state index in [1.54, 1.807) is 13.3 Å². The average molecular weight is 401 g/mol.